The van der Waals surface area contributed by atoms with E-state index in [1.807, 2.05) is 56.3 Å². The van der Waals surface area contributed by atoms with E-state index >= 15 is 0 Å². The second-order valence-electron chi connectivity index (χ2n) is 5.21. The Kier molecular flexibility index (Phi) is 4.11. The van der Waals surface area contributed by atoms with Gasteiger partial charge in [-0.15, -0.1) is 0 Å². The highest BCUT2D eigenvalue weighted by atomic mass is 127. The molecule has 0 bridgehead atoms. The van der Waals surface area contributed by atoms with Crippen LogP contribution in [0.5, 0.6) is 0 Å². The minimum absolute atomic E-state index is 0.336. The molecule has 0 spiro atoms. The fraction of sp³-hybridized carbons (Fsp3) is 0.111. The molecule has 0 aliphatic carbocycles. The lowest BCUT2D eigenvalue weighted by molar-refractivity contribution is -0.129. The van der Waals surface area contributed by atoms with E-state index in [0.29, 0.717) is 11.6 Å². The Balaban J connectivity index is 1.99. The summed E-state index contributed by atoms with van der Waals surface area (Å²) >= 11 is 2.22. The van der Waals surface area contributed by atoms with Crippen LogP contribution in [-0.2, 0) is 9.53 Å². The van der Waals surface area contributed by atoms with Crippen LogP contribution < -0.4 is 0 Å². The van der Waals surface area contributed by atoms with Crippen LogP contribution in [-0.4, -0.2) is 11.9 Å². The summed E-state index contributed by atoms with van der Waals surface area (Å²) in [6.07, 6.45) is 1.78. The van der Waals surface area contributed by atoms with Gasteiger partial charge in [-0.2, -0.15) is 0 Å². The first-order valence-corrected chi connectivity index (χ1v) is 7.96. The van der Waals surface area contributed by atoms with Crippen LogP contribution in [0.2, 0.25) is 0 Å². The molecule has 0 N–H and O–H groups in total. The van der Waals surface area contributed by atoms with Crippen molar-refractivity contribution in [1.82, 2.24) is 0 Å². The van der Waals surface area contributed by atoms with Crippen molar-refractivity contribution in [3.8, 4) is 0 Å². The van der Waals surface area contributed by atoms with Crippen molar-refractivity contribution in [3.63, 3.8) is 0 Å². The Hall–Kier alpha value is -1.95. The molecule has 0 radical (unpaired) electrons. The molecule has 1 aliphatic heterocycles. The number of hydrogen-bond acceptors (Lipinski definition) is 3. The number of rotatable bonds is 2. The molecule has 0 unspecified atom stereocenters. The van der Waals surface area contributed by atoms with Crippen molar-refractivity contribution in [2.24, 2.45) is 4.99 Å². The van der Waals surface area contributed by atoms with Crippen LogP contribution in [0.3, 0.4) is 0 Å². The third kappa shape index (κ3) is 3.11. The van der Waals surface area contributed by atoms with Gasteiger partial charge in [0.25, 0.3) is 0 Å². The number of nitrogens with zero attached hydrogens (tertiary/aromatic N) is 1. The summed E-state index contributed by atoms with van der Waals surface area (Å²) in [6, 6.07) is 13.8. The minimum atomic E-state index is -0.408. The molecule has 0 fully saturated rings. The molecular weight excluding hydrogens is 389 g/mol. The van der Waals surface area contributed by atoms with Gasteiger partial charge in [0.05, 0.1) is 0 Å². The molecule has 1 heterocycles. The van der Waals surface area contributed by atoms with Crippen molar-refractivity contribution in [2.75, 3.05) is 0 Å². The first-order chi connectivity index (χ1) is 10.5. The Bertz CT molecular complexity index is 822. The zero-order chi connectivity index (χ0) is 15.7. The molecule has 22 heavy (non-hydrogen) atoms. The summed E-state index contributed by atoms with van der Waals surface area (Å²) in [5, 5.41) is 0. The van der Waals surface area contributed by atoms with Gasteiger partial charge in [-0.3, -0.25) is 0 Å². The summed E-state index contributed by atoms with van der Waals surface area (Å²) in [7, 11) is 0. The van der Waals surface area contributed by atoms with E-state index in [2.05, 4.69) is 27.6 Å². The minimum Gasteiger partial charge on any atom is -0.402 e. The number of benzene rings is 2. The quantitative estimate of drug-likeness (QED) is 0.427. The molecule has 3 nitrogen and oxygen atoms in total. The fourth-order valence-corrected chi connectivity index (χ4v) is 2.76. The van der Waals surface area contributed by atoms with E-state index < -0.39 is 5.97 Å². The second kappa shape index (κ2) is 6.04. The smallest absolute Gasteiger partial charge is 0.363 e. The van der Waals surface area contributed by atoms with Gasteiger partial charge < -0.3 is 4.74 Å². The Morgan fingerprint density at radius 1 is 1.14 bits per heavy atom. The van der Waals surface area contributed by atoms with Crippen LogP contribution >= 0.6 is 22.6 Å². The maximum absolute atomic E-state index is 12.0. The van der Waals surface area contributed by atoms with Gasteiger partial charge in [0.2, 0.25) is 5.90 Å². The molecule has 1 aliphatic rings. The molecule has 0 saturated heterocycles. The predicted octanol–water partition coefficient (Wildman–Crippen LogP) is 4.25. The molecule has 0 saturated carbocycles. The maximum Gasteiger partial charge on any atom is 0.363 e. The standard InChI is InChI=1S/C18H14INO2/c1-11-6-7-12(2)14(8-11)10-16-18(21)22-17(20-16)13-4-3-5-15(19)9-13/h3-10H,1-2H3. The number of halogens is 1. The van der Waals surface area contributed by atoms with Crippen molar-refractivity contribution in [2.45, 2.75) is 13.8 Å². The van der Waals surface area contributed by atoms with Crippen LogP contribution in [0.15, 0.2) is 53.2 Å². The van der Waals surface area contributed by atoms with E-state index in [1.54, 1.807) is 6.08 Å². The lowest BCUT2D eigenvalue weighted by Gasteiger charge is -2.01. The number of carbonyl (C=O) groups is 1. The third-order valence-corrected chi connectivity index (χ3v) is 4.09. The summed E-state index contributed by atoms with van der Waals surface area (Å²) in [5.74, 6) is -0.0464. The van der Waals surface area contributed by atoms with Gasteiger partial charge in [0.1, 0.15) is 0 Å². The first-order valence-electron chi connectivity index (χ1n) is 6.89. The van der Waals surface area contributed by atoms with E-state index in [9.17, 15) is 4.79 Å². The number of carbonyl (C=O) groups excluding carboxylic acids is 1. The molecule has 110 valence electrons. The van der Waals surface area contributed by atoms with E-state index in [1.165, 1.54) is 0 Å². The van der Waals surface area contributed by atoms with Gasteiger partial charge in [0, 0.05) is 9.13 Å². The number of cyclic esters (lactones) is 1. The van der Waals surface area contributed by atoms with Gasteiger partial charge in [-0.05, 0) is 71.8 Å². The molecule has 2 aromatic rings. The summed E-state index contributed by atoms with van der Waals surface area (Å²) in [6.45, 7) is 4.03. The maximum atomic E-state index is 12.0. The van der Waals surface area contributed by atoms with Gasteiger partial charge in [-0.1, -0.05) is 29.8 Å². The average molecular weight is 403 g/mol. The first kappa shape index (κ1) is 15.0. The highest BCUT2D eigenvalue weighted by Crippen LogP contribution is 2.22. The normalized spacial score (nSPS) is 15.9. The van der Waals surface area contributed by atoms with Crippen molar-refractivity contribution in [1.29, 1.82) is 0 Å². The molecular formula is C18H14INO2. The highest BCUT2D eigenvalue weighted by Gasteiger charge is 2.24. The summed E-state index contributed by atoms with van der Waals surface area (Å²) < 4.78 is 6.37. The molecule has 0 atom stereocenters. The average Bonchev–Trinajstić information content (AvgIpc) is 2.84. The van der Waals surface area contributed by atoms with Crippen LogP contribution in [0.25, 0.3) is 6.08 Å². The monoisotopic (exact) mass is 403 g/mol. The molecule has 4 heteroatoms. The lowest BCUT2D eigenvalue weighted by atomic mass is 10.0. The zero-order valence-corrected chi connectivity index (χ0v) is 14.4. The SMILES string of the molecule is Cc1ccc(C)c(C=C2N=C(c3cccc(I)c3)OC2=O)c1. The van der Waals surface area contributed by atoms with E-state index in [-0.39, 0.29) is 0 Å². The highest BCUT2D eigenvalue weighted by molar-refractivity contribution is 14.1. The molecule has 0 aromatic heterocycles. The van der Waals surface area contributed by atoms with Crippen LogP contribution in [0.1, 0.15) is 22.3 Å². The lowest BCUT2D eigenvalue weighted by Crippen LogP contribution is -2.05. The largest absolute Gasteiger partial charge is 0.402 e. The Morgan fingerprint density at radius 3 is 2.73 bits per heavy atom. The number of aliphatic imine (C=N–C) groups is 1. The van der Waals surface area contributed by atoms with Gasteiger partial charge in [-0.25, -0.2) is 9.79 Å². The van der Waals surface area contributed by atoms with E-state index in [4.69, 9.17) is 4.74 Å². The van der Waals surface area contributed by atoms with Crippen LogP contribution in [0.4, 0.5) is 0 Å². The Morgan fingerprint density at radius 2 is 1.95 bits per heavy atom. The number of hydrogen-bond donors (Lipinski definition) is 0. The molecule has 0 amide bonds. The van der Waals surface area contributed by atoms with E-state index in [0.717, 1.165) is 25.8 Å². The Labute approximate surface area is 142 Å². The van der Waals surface area contributed by atoms with Crippen molar-refractivity contribution in [3.05, 3.63) is 74.0 Å². The number of ether oxygens (including phenoxy) is 1. The second-order valence-corrected chi connectivity index (χ2v) is 6.45. The predicted molar refractivity (Wildman–Crippen MR) is 95.7 cm³/mol. The van der Waals surface area contributed by atoms with Crippen molar-refractivity contribution < 1.29 is 9.53 Å². The van der Waals surface area contributed by atoms with Crippen LogP contribution in [0, 0.1) is 17.4 Å². The van der Waals surface area contributed by atoms with Gasteiger partial charge >= 0.3 is 5.97 Å². The third-order valence-electron chi connectivity index (χ3n) is 3.42. The number of esters is 1. The molecule has 2 aromatic carbocycles. The topological polar surface area (TPSA) is 38.7 Å². The summed E-state index contributed by atoms with van der Waals surface area (Å²) in [5.41, 5.74) is 4.38. The summed E-state index contributed by atoms with van der Waals surface area (Å²) in [4.78, 5) is 16.4. The number of aryl methyl sites for hydroxylation is 2. The van der Waals surface area contributed by atoms with Crippen molar-refractivity contribution >= 4 is 40.5 Å². The fourth-order valence-electron chi connectivity index (χ4n) is 2.22. The van der Waals surface area contributed by atoms with Gasteiger partial charge in [0.15, 0.2) is 5.70 Å². The molecule has 3 rings (SSSR count). The zero-order valence-electron chi connectivity index (χ0n) is 12.3.